The zero-order valence-corrected chi connectivity index (χ0v) is 16.1. The SMILES string of the molecule is CCOc1c(Br)cc(/C=N/Nc2ccc(C)c(Cl)c2)cc1Br. The van der Waals surface area contributed by atoms with E-state index in [2.05, 4.69) is 42.4 Å². The van der Waals surface area contributed by atoms with Crippen LogP contribution in [-0.4, -0.2) is 12.8 Å². The van der Waals surface area contributed by atoms with Gasteiger partial charge in [-0.2, -0.15) is 5.10 Å². The molecular weight excluding hydrogens is 431 g/mol. The molecule has 0 radical (unpaired) electrons. The number of hydrogen-bond donors (Lipinski definition) is 1. The molecule has 0 aliphatic rings. The van der Waals surface area contributed by atoms with Gasteiger partial charge < -0.3 is 4.74 Å². The third kappa shape index (κ3) is 4.48. The molecule has 0 bridgehead atoms. The average Bonchev–Trinajstić information content (AvgIpc) is 2.47. The molecule has 0 amide bonds. The van der Waals surface area contributed by atoms with Crippen molar-refractivity contribution in [3.8, 4) is 5.75 Å². The lowest BCUT2D eigenvalue weighted by Crippen LogP contribution is -1.96. The Morgan fingerprint density at radius 1 is 1.23 bits per heavy atom. The number of rotatable bonds is 5. The van der Waals surface area contributed by atoms with Gasteiger partial charge in [0.15, 0.2) is 0 Å². The van der Waals surface area contributed by atoms with Crippen molar-refractivity contribution in [3.63, 3.8) is 0 Å². The lowest BCUT2D eigenvalue weighted by Gasteiger charge is -2.09. The van der Waals surface area contributed by atoms with Gasteiger partial charge in [0.1, 0.15) is 5.75 Å². The van der Waals surface area contributed by atoms with Gasteiger partial charge in [-0.25, -0.2) is 0 Å². The van der Waals surface area contributed by atoms with Gasteiger partial charge in [0, 0.05) is 5.02 Å². The molecule has 3 nitrogen and oxygen atoms in total. The van der Waals surface area contributed by atoms with Gasteiger partial charge in [-0.15, -0.1) is 0 Å². The van der Waals surface area contributed by atoms with E-state index in [1.807, 2.05) is 44.2 Å². The summed E-state index contributed by atoms with van der Waals surface area (Å²) in [5.41, 5.74) is 5.78. The van der Waals surface area contributed by atoms with Gasteiger partial charge in [-0.1, -0.05) is 17.7 Å². The molecule has 0 saturated carbocycles. The average molecular weight is 447 g/mol. The molecule has 0 aromatic heterocycles. The number of hydrogen-bond acceptors (Lipinski definition) is 3. The lowest BCUT2D eigenvalue weighted by atomic mass is 10.2. The molecule has 0 heterocycles. The first-order valence-corrected chi connectivity index (χ1v) is 8.64. The van der Waals surface area contributed by atoms with Gasteiger partial charge in [0.05, 0.1) is 27.5 Å². The zero-order valence-electron chi connectivity index (χ0n) is 12.2. The molecule has 2 rings (SSSR count). The first-order chi connectivity index (χ1) is 10.5. The molecule has 1 N–H and O–H groups in total. The summed E-state index contributed by atoms with van der Waals surface area (Å²) >= 11 is 13.1. The summed E-state index contributed by atoms with van der Waals surface area (Å²) in [5, 5.41) is 4.94. The fourth-order valence-corrected chi connectivity index (χ4v) is 3.41. The van der Waals surface area contributed by atoms with Crippen LogP contribution in [0.3, 0.4) is 0 Å². The molecular formula is C16H15Br2ClN2O. The van der Waals surface area contributed by atoms with Crippen molar-refractivity contribution < 1.29 is 4.74 Å². The quantitative estimate of drug-likeness (QED) is 0.450. The second kappa shape index (κ2) is 7.99. The molecule has 0 saturated heterocycles. The van der Waals surface area contributed by atoms with Gasteiger partial charge in [-0.05, 0) is 81.1 Å². The number of halogens is 3. The number of ether oxygens (including phenoxy) is 1. The van der Waals surface area contributed by atoms with Gasteiger partial charge in [-0.3, -0.25) is 5.43 Å². The predicted molar refractivity (Wildman–Crippen MR) is 100 cm³/mol. The largest absolute Gasteiger partial charge is 0.492 e. The number of nitrogens with one attached hydrogen (secondary N) is 1. The topological polar surface area (TPSA) is 33.6 Å². The van der Waals surface area contributed by atoms with Crippen LogP contribution in [0.15, 0.2) is 44.4 Å². The highest BCUT2D eigenvalue weighted by Crippen LogP contribution is 2.34. The number of benzene rings is 2. The first-order valence-electron chi connectivity index (χ1n) is 6.68. The van der Waals surface area contributed by atoms with Gasteiger partial charge >= 0.3 is 0 Å². The summed E-state index contributed by atoms with van der Waals surface area (Å²) in [4.78, 5) is 0. The summed E-state index contributed by atoms with van der Waals surface area (Å²) in [7, 11) is 0. The van der Waals surface area contributed by atoms with Crippen molar-refractivity contribution in [2.24, 2.45) is 5.10 Å². The van der Waals surface area contributed by atoms with Crippen molar-refractivity contribution in [1.82, 2.24) is 0 Å². The third-order valence-electron chi connectivity index (χ3n) is 2.89. The van der Waals surface area contributed by atoms with E-state index in [-0.39, 0.29) is 0 Å². The molecule has 2 aromatic rings. The van der Waals surface area contributed by atoms with E-state index in [1.54, 1.807) is 6.21 Å². The second-order valence-corrected chi connectivity index (χ2v) is 6.70. The minimum absolute atomic E-state index is 0.611. The van der Waals surface area contributed by atoms with Crippen molar-refractivity contribution >= 4 is 55.4 Å². The van der Waals surface area contributed by atoms with E-state index in [9.17, 15) is 0 Å². The summed E-state index contributed by atoms with van der Waals surface area (Å²) in [6.45, 7) is 4.52. The summed E-state index contributed by atoms with van der Waals surface area (Å²) < 4.78 is 7.31. The Morgan fingerprint density at radius 3 is 2.50 bits per heavy atom. The Bertz CT molecular complexity index is 682. The Kier molecular flexibility index (Phi) is 6.29. The van der Waals surface area contributed by atoms with Crippen LogP contribution < -0.4 is 10.2 Å². The molecule has 116 valence electrons. The van der Waals surface area contributed by atoms with Crippen molar-refractivity contribution in [1.29, 1.82) is 0 Å². The highest BCUT2D eigenvalue weighted by atomic mass is 79.9. The van der Waals surface area contributed by atoms with Crippen molar-refractivity contribution in [3.05, 3.63) is 55.4 Å². The number of nitrogens with zero attached hydrogens (tertiary/aromatic N) is 1. The van der Waals surface area contributed by atoms with Crippen LogP contribution in [0.5, 0.6) is 5.75 Å². The summed E-state index contributed by atoms with van der Waals surface area (Å²) in [6.07, 6.45) is 1.74. The lowest BCUT2D eigenvalue weighted by molar-refractivity contribution is 0.336. The molecule has 0 unspecified atom stereocenters. The fraction of sp³-hybridized carbons (Fsp3) is 0.188. The molecule has 0 fully saturated rings. The first kappa shape index (κ1) is 17.3. The molecule has 22 heavy (non-hydrogen) atoms. The highest BCUT2D eigenvalue weighted by Gasteiger charge is 2.07. The number of anilines is 1. The molecule has 6 heteroatoms. The van der Waals surface area contributed by atoms with Crippen molar-refractivity contribution in [2.75, 3.05) is 12.0 Å². The molecule has 0 aliphatic heterocycles. The maximum absolute atomic E-state index is 6.08. The van der Waals surface area contributed by atoms with Gasteiger partial charge in [0.25, 0.3) is 0 Å². The zero-order chi connectivity index (χ0) is 16.1. The number of hydrazone groups is 1. The van der Waals surface area contributed by atoms with Crippen LogP contribution in [0.2, 0.25) is 5.02 Å². The van der Waals surface area contributed by atoms with Gasteiger partial charge in [0.2, 0.25) is 0 Å². The summed E-state index contributed by atoms with van der Waals surface area (Å²) in [5.74, 6) is 0.790. The minimum Gasteiger partial charge on any atom is -0.492 e. The van der Waals surface area contributed by atoms with E-state index < -0.39 is 0 Å². The van der Waals surface area contributed by atoms with E-state index in [0.29, 0.717) is 11.6 Å². The molecule has 0 aliphatic carbocycles. The van der Waals surface area contributed by atoms with E-state index in [0.717, 1.165) is 31.5 Å². The van der Waals surface area contributed by atoms with Crippen LogP contribution in [0.1, 0.15) is 18.1 Å². The Balaban J connectivity index is 2.11. The minimum atomic E-state index is 0.611. The Labute approximate surface area is 152 Å². The third-order valence-corrected chi connectivity index (χ3v) is 4.47. The fourth-order valence-electron chi connectivity index (χ4n) is 1.78. The smallest absolute Gasteiger partial charge is 0.147 e. The highest BCUT2D eigenvalue weighted by molar-refractivity contribution is 9.11. The van der Waals surface area contributed by atoms with E-state index in [1.165, 1.54) is 0 Å². The van der Waals surface area contributed by atoms with E-state index >= 15 is 0 Å². The van der Waals surface area contributed by atoms with Crippen LogP contribution in [-0.2, 0) is 0 Å². The van der Waals surface area contributed by atoms with Crippen LogP contribution in [0, 0.1) is 6.92 Å². The summed E-state index contributed by atoms with van der Waals surface area (Å²) in [6, 6.07) is 9.62. The van der Waals surface area contributed by atoms with Crippen LogP contribution >= 0.6 is 43.5 Å². The Morgan fingerprint density at radius 2 is 1.91 bits per heavy atom. The maximum atomic E-state index is 6.08. The normalized spacial score (nSPS) is 11.0. The standard InChI is InChI=1S/C16H15Br2ClN2O/c1-3-22-16-13(17)6-11(7-14(16)18)9-20-21-12-5-4-10(2)15(19)8-12/h4-9,21H,3H2,1-2H3/b20-9+. The molecule has 2 aromatic carbocycles. The Hall–Kier alpha value is -1.04. The van der Waals surface area contributed by atoms with E-state index in [4.69, 9.17) is 16.3 Å². The van der Waals surface area contributed by atoms with Crippen LogP contribution in [0.4, 0.5) is 5.69 Å². The molecule has 0 atom stereocenters. The second-order valence-electron chi connectivity index (χ2n) is 4.58. The van der Waals surface area contributed by atoms with Crippen LogP contribution in [0.25, 0.3) is 0 Å². The monoisotopic (exact) mass is 444 g/mol. The predicted octanol–water partition coefficient (Wildman–Crippen LogP) is 6.02. The van der Waals surface area contributed by atoms with Crippen molar-refractivity contribution in [2.45, 2.75) is 13.8 Å². The molecule has 0 spiro atoms. The number of aryl methyl sites for hydroxylation is 1. The maximum Gasteiger partial charge on any atom is 0.147 e.